The van der Waals surface area contributed by atoms with Crippen LogP contribution >= 0.6 is 11.3 Å². The fraction of sp³-hybridized carbons (Fsp3) is 0.667. The number of methoxy groups -OCH3 is 1. The molecule has 1 rings (SSSR count). The maximum atomic E-state index is 4.92. The van der Waals surface area contributed by atoms with Gasteiger partial charge in [0, 0.05) is 32.0 Å². The average Bonchev–Trinajstić information content (AvgIpc) is 2.51. The first-order valence-corrected chi connectivity index (χ1v) is 5.31. The smallest absolute Gasteiger partial charge is 0.0897 e. The van der Waals surface area contributed by atoms with Gasteiger partial charge in [-0.05, 0) is 6.92 Å². The minimum atomic E-state index is 0.774. The molecule has 1 aromatic rings. The van der Waals surface area contributed by atoms with E-state index in [0.717, 1.165) is 31.1 Å². The van der Waals surface area contributed by atoms with Gasteiger partial charge in [-0.1, -0.05) is 0 Å². The van der Waals surface area contributed by atoms with Crippen molar-refractivity contribution in [2.24, 2.45) is 0 Å². The second-order valence-corrected chi connectivity index (χ2v) is 3.91. The van der Waals surface area contributed by atoms with E-state index in [2.05, 4.69) is 15.7 Å². The number of hydrogen-bond acceptors (Lipinski definition) is 4. The molecule has 74 valence electrons. The molecule has 0 saturated heterocycles. The van der Waals surface area contributed by atoms with Gasteiger partial charge in [0.05, 0.1) is 17.3 Å². The van der Waals surface area contributed by atoms with Gasteiger partial charge >= 0.3 is 0 Å². The van der Waals surface area contributed by atoms with Crippen molar-refractivity contribution in [1.82, 2.24) is 10.3 Å². The van der Waals surface area contributed by atoms with Gasteiger partial charge < -0.3 is 10.1 Å². The second kappa shape index (κ2) is 6.07. The van der Waals surface area contributed by atoms with E-state index in [1.165, 1.54) is 5.69 Å². The summed E-state index contributed by atoms with van der Waals surface area (Å²) in [5.41, 5.74) is 1.19. The number of thiazole rings is 1. The van der Waals surface area contributed by atoms with Crippen LogP contribution in [0.15, 0.2) is 5.38 Å². The molecule has 0 amide bonds. The Kier molecular flexibility index (Phi) is 4.97. The molecule has 1 aromatic heterocycles. The van der Waals surface area contributed by atoms with Crippen molar-refractivity contribution in [3.8, 4) is 0 Å². The summed E-state index contributed by atoms with van der Waals surface area (Å²) in [5.74, 6) is 0. The number of rotatable bonds is 6. The lowest BCUT2D eigenvalue weighted by Gasteiger charge is -2.01. The van der Waals surface area contributed by atoms with Gasteiger partial charge in [0.2, 0.25) is 0 Å². The zero-order chi connectivity index (χ0) is 9.52. The summed E-state index contributed by atoms with van der Waals surface area (Å²) < 4.78 is 4.92. The molecule has 0 aliphatic rings. The van der Waals surface area contributed by atoms with Gasteiger partial charge in [0.1, 0.15) is 0 Å². The number of aromatic nitrogens is 1. The van der Waals surface area contributed by atoms with Crippen LogP contribution in [0.25, 0.3) is 0 Å². The lowest BCUT2D eigenvalue weighted by atomic mass is 10.3. The third-order valence-corrected chi connectivity index (χ3v) is 2.53. The van der Waals surface area contributed by atoms with E-state index >= 15 is 0 Å². The lowest BCUT2D eigenvalue weighted by molar-refractivity contribution is 0.199. The van der Waals surface area contributed by atoms with Gasteiger partial charge in [0.25, 0.3) is 0 Å². The lowest BCUT2D eigenvalue weighted by Crippen LogP contribution is -2.21. The van der Waals surface area contributed by atoms with E-state index in [1.54, 1.807) is 18.4 Å². The van der Waals surface area contributed by atoms with Crippen molar-refractivity contribution >= 4 is 11.3 Å². The summed E-state index contributed by atoms with van der Waals surface area (Å²) in [6.45, 7) is 4.70. The number of ether oxygens (including phenoxy) is 1. The van der Waals surface area contributed by atoms with Crippen LogP contribution in [0, 0.1) is 6.92 Å². The first kappa shape index (κ1) is 10.6. The van der Waals surface area contributed by atoms with Crippen molar-refractivity contribution in [2.45, 2.75) is 13.3 Å². The van der Waals surface area contributed by atoms with Crippen LogP contribution in [-0.4, -0.2) is 31.8 Å². The fourth-order valence-corrected chi connectivity index (χ4v) is 1.69. The predicted molar refractivity (Wildman–Crippen MR) is 55.3 cm³/mol. The van der Waals surface area contributed by atoms with Crippen molar-refractivity contribution in [2.75, 3.05) is 26.8 Å². The summed E-state index contributed by atoms with van der Waals surface area (Å²) in [6.07, 6.45) is 1.01. The number of nitrogens with zero attached hydrogens (tertiary/aromatic N) is 1. The topological polar surface area (TPSA) is 34.1 Å². The van der Waals surface area contributed by atoms with E-state index in [9.17, 15) is 0 Å². The normalized spacial score (nSPS) is 10.6. The van der Waals surface area contributed by atoms with Crippen LogP contribution in [0.4, 0.5) is 0 Å². The Balaban J connectivity index is 2.06. The van der Waals surface area contributed by atoms with Crippen LogP contribution < -0.4 is 5.32 Å². The van der Waals surface area contributed by atoms with Crippen molar-refractivity contribution in [1.29, 1.82) is 0 Å². The minimum absolute atomic E-state index is 0.774. The molecular weight excluding hydrogens is 184 g/mol. The predicted octanol–water partition coefficient (Wildman–Crippen LogP) is 1.23. The molecular formula is C9H16N2OS. The summed E-state index contributed by atoms with van der Waals surface area (Å²) >= 11 is 1.71. The average molecular weight is 200 g/mol. The standard InChI is InChI=1S/C9H16N2OS/c1-8-11-9(7-13-8)3-4-10-5-6-12-2/h7,10H,3-6H2,1-2H3. The van der Waals surface area contributed by atoms with Crippen molar-refractivity contribution in [3.05, 3.63) is 16.1 Å². The Labute approximate surface area is 83.1 Å². The first-order chi connectivity index (χ1) is 6.33. The van der Waals surface area contributed by atoms with Gasteiger partial charge in [-0.3, -0.25) is 0 Å². The number of nitrogens with one attached hydrogen (secondary N) is 1. The maximum absolute atomic E-state index is 4.92. The monoisotopic (exact) mass is 200 g/mol. The van der Waals surface area contributed by atoms with Crippen molar-refractivity contribution < 1.29 is 4.74 Å². The van der Waals surface area contributed by atoms with E-state index in [-0.39, 0.29) is 0 Å². The summed E-state index contributed by atoms with van der Waals surface area (Å²) in [4.78, 5) is 4.38. The van der Waals surface area contributed by atoms with Gasteiger partial charge in [0.15, 0.2) is 0 Å². The second-order valence-electron chi connectivity index (χ2n) is 2.85. The largest absolute Gasteiger partial charge is 0.383 e. The Morgan fingerprint density at radius 3 is 3.00 bits per heavy atom. The molecule has 0 saturated carbocycles. The minimum Gasteiger partial charge on any atom is -0.383 e. The van der Waals surface area contributed by atoms with E-state index in [0.29, 0.717) is 0 Å². The highest BCUT2D eigenvalue weighted by Crippen LogP contribution is 2.07. The van der Waals surface area contributed by atoms with Crippen LogP contribution in [0.2, 0.25) is 0 Å². The molecule has 4 heteroatoms. The quantitative estimate of drug-likeness (QED) is 0.701. The third kappa shape index (κ3) is 4.36. The van der Waals surface area contributed by atoms with Crippen LogP contribution in [-0.2, 0) is 11.2 Å². The highest BCUT2D eigenvalue weighted by molar-refractivity contribution is 7.09. The molecule has 0 bridgehead atoms. The molecule has 13 heavy (non-hydrogen) atoms. The zero-order valence-corrected chi connectivity index (χ0v) is 8.99. The molecule has 0 aliphatic carbocycles. The molecule has 0 fully saturated rings. The highest BCUT2D eigenvalue weighted by Gasteiger charge is 1.96. The SMILES string of the molecule is COCCNCCc1csc(C)n1. The molecule has 0 spiro atoms. The van der Waals surface area contributed by atoms with Crippen LogP contribution in [0.3, 0.4) is 0 Å². The summed E-state index contributed by atoms with van der Waals surface area (Å²) in [6, 6.07) is 0. The van der Waals surface area contributed by atoms with Gasteiger partial charge in [-0.25, -0.2) is 4.98 Å². The summed E-state index contributed by atoms with van der Waals surface area (Å²) in [7, 11) is 1.71. The van der Waals surface area contributed by atoms with Crippen molar-refractivity contribution in [3.63, 3.8) is 0 Å². The van der Waals surface area contributed by atoms with E-state index < -0.39 is 0 Å². The maximum Gasteiger partial charge on any atom is 0.0897 e. The third-order valence-electron chi connectivity index (χ3n) is 1.71. The molecule has 1 N–H and O–H groups in total. The Morgan fingerprint density at radius 1 is 1.54 bits per heavy atom. The Morgan fingerprint density at radius 2 is 2.38 bits per heavy atom. The van der Waals surface area contributed by atoms with E-state index in [1.807, 2.05) is 6.92 Å². The summed E-state index contributed by atoms with van der Waals surface area (Å²) in [5, 5.41) is 6.55. The molecule has 3 nitrogen and oxygen atoms in total. The van der Waals surface area contributed by atoms with Crippen LogP contribution in [0.1, 0.15) is 10.7 Å². The molecule has 0 aromatic carbocycles. The molecule has 0 aliphatic heterocycles. The molecule has 0 atom stereocenters. The first-order valence-electron chi connectivity index (χ1n) is 4.43. The Hall–Kier alpha value is -0.450. The van der Waals surface area contributed by atoms with E-state index in [4.69, 9.17) is 4.74 Å². The molecule has 0 unspecified atom stereocenters. The molecule has 1 heterocycles. The zero-order valence-electron chi connectivity index (χ0n) is 8.17. The molecule has 0 radical (unpaired) electrons. The number of hydrogen-bond donors (Lipinski definition) is 1. The Bertz CT molecular complexity index is 237. The number of aryl methyl sites for hydroxylation is 1. The van der Waals surface area contributed by atoms with Crippen LogP contribution in [0.5, 0.6) is 0 Å². The van der Waals surface area contributed by atoms with Gasteiger partial charge in [-0.15, -0.1) is 11.3 Å². The fourth-order valence-electron chi connectivity index (χ4n) is 1.04. The van der Waals surface area contributed by atoms with Gasteiger partial charge in [-0.2, -0.15) is 0 Å². The highest BCUT2D eigenvalue weighted by atomic mass is 32.1.